The van der Waals surface area contributed by atoms with Gasteiger partial charge in [0.1, 0.15) is 17.7 Å². The molecule has 34 heavy (non-hydrogen) atoms. The third kappa shape index (κ3) is 4.63. The summed E-state index contributed by atoms with van der Waals surface area (Å²) in [5.74, 6) is 1.12. The first-order chi connectivity index (χ1) is 16.6. The number of aromatic nitrogens is 3. The number of aliphatic hydroxyl groups excluding tert-OH is 1. The van der Waals surface area contributed by atoms with Gasteiger partial charge in [0.25, 0.3) is 0 Å². The molecule has 2 atom stereocenters. The van der Waals surface area contributed by atoms with Crippen molar-refractivity contribution < 1.29 is 9.90 Å². The molecule has 1 aliphatic rings. The SMILES string of the molecule is Nc1nc(Nc2ccc3ncsc3c2)cc(N2CCC[C@H]2C(=O)N[C@@H](CO)c2ccccc2)n1. The van der Waals surface area contributed by atoms with Gasteiger partial charge in [0.15, 0.2) is 0 Å². The van der Waals surface area contributed by atoms with E-state index in [1.54, 1.807) is 17.4 Å². The lowest BCUT2D eigenvalue weighted by Crippen LogP contribution is -2.45. The smallest absolute Gasteiger partial charge is 0.243 e. The molecule has 5 rings (SSSR count). The predicted molar refractivity (Wildman–Crippen MR) is 134 cm³/mol. The zero-order valence-electron chi connectivity index (χ0n) is 18.4. The van der Waals surface area contributed by atoms with Gasteiger partial charge in [-0.25, -0.2) is 4.98 Å². The number of fused-ring (bicyclic) bond motifs is 1. The summed E-state index contributed by atoms with van der Waals surface area (Å²) < 4.78 is 1.07. The average molecular weight is 476 g/mol. The number of thiazole rings is 1. The van der Waals surface area contributed by atoms with E-state index >= 15 is 0 Å². The summed E-state index contributed by atoms with van der Waals surface area (Å²) in [6.45, 7) is 0.497. The van der Waals surface area contributed by atoms with E-state index in [2.05, 4.69) is 25.6 Å². The van der Waals surface area contributed by atoms with Crippen molar-refractivity contribution in [2.75, 3.05) is 29.1 Å². The Morgan fingerprint density at radius 3 is 2.88 bits per heavy atom. The van der Waals surface area contributed by atoms with Gasteiger partial charge in [0.05, 0.1) is 28.4 Å². The first kappa shape index (κ1) is 22.1. The number of amides is 1. The van der Waals surface area contributed by atoms with Crippen LogP contribution < -0.4 is 21.3 Å². The molecular weight excluding hydrogens is 450 g/mol. The molecule has 0 saturated carbocycles. The van der Waals surface area contributed by atoms with Gasteiger partial charge in [-0.05, 0) is 36.6 Å². The van der Waals surface area contributed by atoms with E-state index in [1.807, 2.05) is 58.9 Å². The second-order valence-electron chi connectivity index (χ2n) is 8.14. The fourth-order valence-corrected chi connectivity index (χ4v) is 4.96. The minimum Gasteiger partial charge on any atom is -0.394 e. The molecule has 5 N–H and O–H groups in total. The Hall–Kier alpha value is -3.76. The van der Waals surface area contributed by atoms with Gasteiger partial charge < -0.3 is 26.4 Å². The molecule has 4 aromatic rings. The Labute approximate surface area is 200 Å². The van der Waals surface area contributed by atoms with Gasteiger partial charge in [-0.3, -0.25) is 4.79 Å². The summed E-state index contributed by atoms with van der Waals surface area (Å²) in [6.07, 6.45) is 1.54. The van der Waals surface area contributed by atoms with Crippen LogP contribution in [0.4, 0.5) is 23.3 Å². The molecule has 2 aromatic carbocycles. The van der Waals surface area contributed by atoms with Gasteiger partial charge in [-0.2, -0.15) is 9.97 Å². The van der Waals surface area contributed by atoms with Crippen LogP contribution in [0.1, 0.15) is 24.4 Å². The number of benzene rings is 2. The normalized spacial score (nSPS) is 16.5. The second-order valence-corrected chi connectivity index (χ2v) is 9.02. The van der Waals surface area contributed by atoms with Crippen LogP contribution in [0, 0.1) is 0 Å². The third-order valence-corrected chi connectivity index (χ3v) is 6.68. The van der Waals surface area contributed by atoms with Crippen LogP contribution in [0.5, 0.6) is 0 Å². The number of rotatable bonds is 7. The summed E-state index contributed by atoms with van der Waals surface area (Å²) in [7, 11) is 0. The lowest BCUT2D eigenvalue weighted by molar-refractivity contribution is -0.123. The van der Waals surface area contributed by atoms with Gasteiger partial charge in [0, 0.05) is 18.3 Å². The molecule has 1 aliphatic heterocycles. The number of nitrogens with two attached hydrogens (primary N) is 1. The third-order valence-electron chi connectivity index (χ3n) is 5.88. The molecular formula is C24H25N7O2S. The highest BCUT2D eigenvalue weighted by atomic mass is 32.1. The zero-order chi connectivity index (χ0) is 23.5. The van der Waals surface area contributed by atoms with Crippen molar-refractivity contribution in [3.8, 4) is 0 Å². The minimum atomic E-state index is -0.467. The summed E-state index contributed by atoms with van der Waals surface area (Å²) in [5.41, 5.74) is 10.5. The van der Waals surface area contributed by atoms with E-state index in [0.29, 0.717) is 24.6 Å². The Bertz CT molecular complexity index is 1300. The second kappa shape index (κ2) is 9.62. The zero-order valence-corrected chi connectivity index (χ0v) is 19.2. The van der Waals surface area contributed by atoms with Crippen LogP contribution in [0.25, 0.3) is 10.2 Å². The predicted octanol–water partition coefficient (Wildman–Crippen LogP) is 3.23. The monoisotopic (exact) mass is 475 g/mol. The molecule has 0 bridgehead atoms. The van der Waals surface area contributed by atoms with Crippen molar-refractivity contribution in [1.29, 1.82) is 0 Å². The highest BCUT2D eigenvalue weighted by Crippen LogP contribution is 2.29. The molecule has 0 aliphatic carbocycles. The first-order valence-electron chi connectivity index (χ1n) is 11.1. The molecule has 1 amide bonds. The molecule has 1 saturated heterocycles. The number of nitrogens with one attached hydrogen (secondary N) is 2. The van der Waals surface area contributed by atoms with Crippen molar-refractivity contribution in [2.45, 2.75) is 24.9 Å². The van der Waals surface area contributed by atoms with Crippen molar-refractivity contribution in [1.82, 2.24) is 20.3 Å². The van der Waals surface area contributed by atoms with Crippen LogP contribution in [0.3, 0.4) is 0 Å². The number of anilines is 4. The van der Waals surface area contributed by atoms with E-state index in [-0.39, 0.29) is 18.5 Å². The van der Waals surface area contributed by atoms with Crippen molar-refractivity contribution in [2.24, 2.45) is 0 Å². The molecule has 2 aromatic heterocycles. The number of nitrogens with zero attached hydrogens (tertiary/aromatic N) is 4. The van der Waals surface area contributed by atoms with E-state index in [4.69, 9.17) is 5.73 Å². The molecule has 174 valence electrons. The Balaban J connectivity index is 1.35. The van der Waals surface area contributed by atoms with Crippen LogP contribution >= 0.6 is 11.3 Å². The molecule has 0 unspecified atom stereocenters. The molecule has 0 spiro atoms. The highest BCUT2D eigenvalue weighted by molar-refractivity contribution is 7.16. The average Bonchev–Trinajstić information content (AvgIpc) is 3.52. The fourth-order valence-electron chi connectivity index (χ4n) is 4.25. The Kier molecular flexibility index (Phi) is 6.24. The maximum Gasteiger partial charge on any atom is 0.243 e. The van der Waals surface area contributed by atoms with E-state index in [0.717, 1.165) is 27.9 Å². The van der Waals surface area contributed by atoms with Gasteiger partial charge in [0.2, 0.25) is 11.9 Å². The Morgan fingerprint density at radius 2 is 2.06 bits per heavy atom. The van der Waals surface area contributed by atoms with Crippen molar-refractivity contribution >= 4 is 50.7 Å². The number of carbonyl (C=O) groups is 1. The summed E-state index contributed by atoms with van der Waals surface area (Å²) in [6, 6.07) is 16.3. The molecule has 9 nitrogen and oxygen atoms in total. The molecule has 10 heteroatoms. The molecule has 0 radical (unpaired) electrons. The van der Waals surface area contributed by atoms with Crippen LogP contribution in [0.2, 0.25) is 0 Å². The number of carbonyl (C=O) groups excluding carboxylic acids is 1. The Morgan fingerprint density at radius 1 is 1.21 bits per heavy atom. The number of nitrogen functional groups attached to an aromatic ring is 1. The van der Waals surface area contributed by atoms with Crippen LogP contribution in [-0.4, -0.2) is 45.2 Å². The van der Waals surface area contributed by atoms with Crippen molar-refractivity contribution in [3.63, 3.8) is 0 Å². The quantitative estimate of drug-likeness (QED) is 0.321. The van der Waals surface area contributed by atoms with Crippen molar-refractivity contribution in [3.05, 3.63) is 65.7 Å². The largest absolute Gasteiger partial charge is 0.394 e. The lowest BCUT2D eigenvalue weighted by Gasteiger charge is -2.27. The standard InChI is InChI=1S/C24H25N7O2S/c25-24-29-21(27-16-8-9-17-20(11-16)34-14-26-17)12-22(30-24)31-10-4-7-19(31)23(33)28-18(13-32)15-5-2-1-3-6-15/h1-3,5-6,8-9,11-12,14,18-19,32H,4,7,10,13H2,(H,28,33)(H3,25,27,29,30)/t18-,19-/m0/s1. The molecule has 1 fully saturated rings. The number of hydrogen-bond acceptors (Lipinski definition) is 9. The number of hydrogen-bond donors (Lipinski definition) is 4. The lowest BCUT2D eigenvalue weighted by atomic mass is 10.1. The maximum absolute atomic E-state index is 13.2. The summed E-state index contributed by atoms with van der Waals surface area (Å²) >= 11 is 1.57. The minimum absolute atomic E-state index is 0.127. The van der Waals surface area contributed by atoms with E-state index in [9.17, 15) is 9.90 Å². The highest BCUT2D eigenvalue weighted by Gasteiger charge is 2.33. The van der Waals surface area contributed by atoms with E-state index in [1.165, 1.54) is 0 Å². The maximum atomic E-state index is 13.2. The van der Waals surface area contributed by atoms with Crippen LogP contribution in [0.15, 0.2) is 60.1 Å². The summed E-state index contributed by atoms with van der Waals surface area (Å²) in [4.78, 5) is 28.2. The van der Waals surface area contributed by atoms with Crippen LogP contribution in [-0.2, 0) is 4.79 Å². The number of aliphatic hydroxyl groups is 1. The summed E-state index contributed by atoms with van der Waals surface area (Å²) in [5, 5.41) is 16.1. The van der Waals surface area contributed by atoms with Gasteiger partial charge in [-0.15, -0.1) is 11.3 Å². The van der Waals surface area contributed by atoms with Gasteiger partial charge in [-0.1, -0.05) is 30.3 Å². The topological polar surface area (TPSA) is 129 Å². The first-order valence-corrected chi connectivity index (χ1v) is 12.0. The van der Waals surface area contributed by atoms with E-state index < -0.39 is 12.1 Å². The van der Waals surface area contributed by atoms with Gasteiger partial charge >= 0.3 is 0 Å². The fraction of sp³-hybridized carbons (Fsp3) is 0.250. The molecule has 3 heterocycles.